The molecule has 0 amide bonds. The van der Waals surface area contributed by atoms with Crippen molar-refractivity contribution < 1.29 is 24.5 Å². The van der Waals surface area contributed by atoms with E-state index in [2.05, 4.69) is 11.9 Å². The molecule has 3 atom stereocenters. The largest absolute Gasteiger partial charge is 0.481 e. The Hall–Kier alpha value is -0.690. The fourth-order valence-corrected chi connectivity index (χ4v) is 3.77. The Balaban J connectivity index is 2.56. The molecule has 0 unspecified atom stereocenters. The summed E-state index contributed by atoms with van der Waals surface area (Å²) in [5, 5.41) is 18.8. The molecule has 1 saturated carbocycles. The molecule has 6 heteroatoms. The van der Waals surface area contributed by atoms with Crippen molar-refractivity contribution in [3.05, 3.63) is 0 Å². The molecular weight excluding hydrogens is 298 g/mol. The number of hydrogen-bond donors (Lipinski definition) is 2. The van der Waals surface area contributed by atoms with Gasteiger partial charge in [-0.25, -0.2) is 0 Å². The molecule has 1 aliphatic rings. The number of nitrogens with zero attached hydrogens (tertiary/aromatic N) is 1. The zero-order valence-electron chi connectivity index (χ0n) is 14.8. The number of ether oxygens (including phenoxy) is 2. The van der Waals surface area contributed by atoms with E-state index in [4.69, 9.17) is 14.6 Å². The molecule has 0 aromatic carbocycles. The molecule has 0 saturated heterocycles. The van der Waals surface area contributed by atoms with Gasteiger partial charge >= 0.3 is 5.97 Å². The van der Waals surface area contributed by atoms with Crippen molar-refractivity contribution in [2.24, 2.45) is 0 Å². The van der Waals surface area contributed by atoms with Crippen LogP contribution in [0.15, 0.2) is 0 Å². The maximum atomic E-state index is 10.5. The van der Waals surface area contributed by atoms with Gasteiger partial charge < -0.3 is 19.7 Å². The average Bonchev–Trinajstić information content (AvgIpc) is 2.85. The second-order valence-corrected chi connectivity index (χ2v) is 6.64. The molecule has 23 heavy (non-hydrogen) atoms. The van der Waals surface area contributed by atoms with Gasteiger partial charge in [-0.05, 0) is 26.3 Å². The number of aliphatic hydroxyl groups excluding tert-OH is 1. The summed E-state index contributed by atoms with van der Waals surface area (Å²) in [5.41, 5.74) is -0.153. The van der Waals surface area contributed by atoms with Crippen LogP contribution in [0.3, 0.4) is 0 Å². The van der Waals surface area contributed by atoms with Gasteiger partial charge in [-0.3, -0.25) is 9.69 Å². The van der Waals surface area contributed by atoms with Crippen LogP contribution < -0.4 is 0 Å². The lowest BCUT2D eigenvalue weighted by molar-refractivity contribution is -0.137. The monoisotopic (exact) mass is 331 g/mol. The molecule has 1 rings (SSSR count). The van der Waals surface area contributed by atoms with Crippen LogP contribution in [0.5, 0.6) is 0 Å². The van der Waals surface area contributed by atoms with Gasteiger partial charge in [0.2, 0.25) is 0 Å². The van der Waals surface area contributed by atoms with Gasteiger partial charge in [0.25, 0.3) is 0 Å². The Morgan fingerprint density at radius 2 is 1.96 bits per heavy atom. The van der Waals surface area contributed by atoms with Gasteiger partial charge in [-0.15, -0.1) is 0 Å². The highest BCUT2D eigenvalue weighted by Gasteiger charge is 2.49. The van der Waals surface area contributed by atoms with Crippen LogP contribution >= 0.6 is 0 Å². The number of unbranched alkanes of at least 4 members (excludes halogenated alkanes) is 3. The van der Waals surface area contributed by atoms with Crippen LogP contribution in [0.1, 0.15) is 51.4 Å². The Bertz CT molecular complexity index is 352. The van der Waals surface area contributed by atoms with E-state index in [-0.39, 0.29) is 24.2 Å². The SMILES string of the molecule is COCCN(C)[C@@]1(CCCCCCC(=O)O)C[C@H](O)C[C@@H]1OC. The second-order valence-electron chi connectivity index (χ2n) is 6.64. The summed E-state index contributed by atoms with van der Waals surface area (Å²) in [5.74, 6) is -0.723. The third-order valence-corrected chi connectivity index (χ3v) is 5.10. The van der Waals surface area contributed by atoms with Crippen molar-refractivity contribution in [2.45, 2.75) is 69.1 Å². The Morgan fingerprint density at radius 1 is 1.26 bits per heavy atom. The number of carbonyl (C=O) groups is 1. The molecular formula is C17H33NO5. The number of carboxylic acids is 1. The summed E-state index contributed by atoms with van der Waals surface area (Å²) in [6.45, 7) is 1.46. The highest BCUT2D eigenvalue weighted by atomic mass is 16.5. The molecule has 1 aliphatic carbocycles. The van der Waals surface area contributed by atoms with Gasteiger partial charge in [0, 0.05) is 39.1 Å². The third kappa shape index (κ3) is 6.03. The summed E-state index contributed by atoms with van der Waals surface area (Å²) in [6, 6.07) is 0. The topological polar surface area (TPSA) is 79.2 Å². The van der Waals surface area contributed by atoms with E-state index in [1.807, 2.05) is 0 Å². The Kier molecular flexibility index (Phi) is 9.06. The van der Waals surface area contributed by atoms with Crippen LogP contribution in [0.4, 0.5) is 0 Å². The summed E-state index contributed by atoms with van der Waals surface area (Å²) in [4.78, 5) is 12.8. The lowest BCUT2D eigenvalue weighted by Crippen LogP contribution is -2.53. The Morgan fingerprint density at radius 3 is 2.57 bits per heavy atom. The Labute approximate surface area is 139 Å². The first-order valence-corrected chi connectivity index (χ1v) is 8.59. The quantitative estimate of drug-likeness (QED) is 0.532. The summed E-state index contributed by atoms with van der Waals surface area (Å²) in [7, 11) is 5.49. The van der Waals surface area contributed by atoms with Gasteiger partial charge in [0.05, 0.1) is 18.8 Å². The van der Waals surface area contributed by atoms with E-state index in [0.717, 1.165) is 45.1 Å². The van der Waals surface area contributed by atoms with E-state index in [0.29, 0.717) is 13.0 Å². The number of aliphatic carboxylic acids is 1. The molecule has 0 spiro atoms. The minimum absolute atomic E-state index is 0.0263. The van der Waals surface area contributed by atoms with E-state index < -0.39 is 5.97 Å². The first-order valence-electron chi connectivity index (χ1n) is 8.59. The normalized spacial score (nSPS) is 27.7. The molecule has 136 valence electrons. The standard InChI is InChI=1S/C17H33NO5/c1-18(10-11-22-2)17(13-14(19)12-15(17)23-3)9-7-5-4-6-8-16(20)21/h14-15,19H,4-13H2,1-3H3,(H,20,21)/t14-,15+,17+/m1/s1. The zero-order chi connectivity index (χ0) is 17.3. The van der Waals surface area contributed by atoms with E-state index in [9.17, 15) is 9.90 Å². The van der Waals surface area contributed by atoms with E-state index >= 15 is 0 Å². The molecule has 0 aromatic heterocycles. The number of likely N-dealkylation sites (N-methyl/N-ethyl adjacent to an activating group) is 1. The summed E-state index contributed by atoms with van der Waals surface area (Å²) >= 11 is 0. The van der Waals surface area contributed by atoms with Gasteiger partial charge in [0.15, 0.2) is 0 Å². The van der Waals surface area contributed by atoms with Crippen molar-refractivity contribution in [2.75, 3.05) is 34.4 Å². The van der Waals surface area contributed by atoms with Crippen LogP contribution in [0.25, 0.3) is 0 Å². The predicted molar refractivity (Wildman–Crippen MR) is 88.6 cm³/mol. The number of methoxy groups -OCH3 is 2. The first-order chi connectivity index (χ1) is 11.0. The summed E-state index contributed by atoms with van der Waals surface area (Å²) < 4.78 is 10.9. The van der Waals surface area contributed by atoms with Crippen LogP contribution in [0.2, 0.25) is 0 Å². The van der Waals surface area contributed by atoms with Crippen molar-refractivity contribution in [1.82, 2.24) is 4.90 Å². The lowest BCUT2D eigenvalue weighted by Gasteiger charge is -2.43. The van der Waals surface area contributed by atoms with Gasteiger partial charge in [-0.2, -0.15) is 0 Å². The third-order valence-electron chi connectivity index (χ3n) is 5.10. The minimum atomic E-state index is -0.723. The fraction of sp³-hybridized carbons (Fsp3) is 0.941. The number of rotatable bonds is 12. The fourth-order valence-electron chi connectivity index (χ4n) is 3.77. The molecule has 0 radical (unpaired) electrons. The highest BCUT2D eigenvalue weighted by molar-refractivity contribution is 5.66. The second kappa shape index (κ2) is 10.2. The minimum Gasteiger partial charge on any atom is -0.481 e. The van der Waals surface area contributed by atoms with Crippen LogP contribution in [0, 0.1) is 0 Å². The number of aliphatic hydroxyl groups is 1. The molecule has 2 N–H and O–H groups in total. The van der Waals surface area contributed by atoms with Gasteiger partial charge in [0.1, 0.15) is 0 Å². The van der Waals surface area contributed by atoms with Crippen molar-refractivity contribution in [3.8, 4) is 0 Å². The molecule has 0 aliphatic heterocycles. The van der Waals surface area contributed by atoms with Crippen molar-refractivity contribution in [1.29, 1.82) is 0 Å². The van der Waals surface area contributed by atoms with Crippen molar-refractivity contribution in [3.63, 3.8) is 0 Å². The molecule has 1 fully saturated rings. The number of hydrogen-bond acceptors (Lipinski definition) is 5. The first kappa shape index (κ1) is 20.4. The molecule has 0 bridgehead atoms. The lowest BCUT2D eigenvalue weighted by atomic mass is 9.86. The maximum absolute atomic E-state index is 10.5. The van der Waals surface area contributed by atoms with Crippen LogP contribution in [-0.4, -0.2) is 73.2 Å². The van der Waals surface area contributed by atoms with Gasteiger partial charge in [-0.1, -0.05) is 19.3 Å². The number of carboxylic acid groups (broad SMARTS) is 1. The van der Waals surface area contributed by atoms with E-state index in [1.54, 1.807) is 14.2 Å². The highest BCUT2D eigenvalue weighted by Crippen LogP contribution is 2.40. The smallest absolute Gasteiger partial charge is 0.303 e. The zero-order valence-corrected chi connectivity index (χ0v) is 14.8. The van der Waals surface area contributed by atoms with Crippen molar-refractivity contribution >= 4 is 5.97 Å². The molecule has 0 heterocycles. The predicted octanol–water partition coefficient (Wildman–Crippen LogP) is 1.90. The molecule has 0 aromatic rings. The maximum Gasteiger partial charge on any atom is 0.303 e. The summed E-state index contributed by atoms with van der Waals surface area (Å²) in [6.07, 6.45) is 6.00. The van der Waals surface area contributed by atoms with E-state index in [1.165, 1.54) is 0 Å². The molecule has 6 nitrogen and oxygen atoms in total. The average molecular weight is 331 g/mol. The van der Waals surface area contributed by atoms with Crippen LogP contribution in [-0.2, 0) is 14.3 Å².